The Bertz CT molecular complexity index is 347. The van der Waals surface area contributed by atoms with Crippen molar-refractivity contribution < 1.29 is 9.59 Å². The van der Waals surface area contributed by atoms with Gasteiger partial charge in [-0.3, -0.25) is 15.0 Å². The van der Waals surface area contributed by atoms with Crippen molar-refractivity contribution in [3.63, 3.8) is 0 Å². The smallest absolute Gasteiger partial charge is 0.321 e. The molecule has 0 aliphatic carbocycles. The normalized spacial score (nSPS) is 23.1. The summed E-state index contributed by atoms with van der Waals surface area (Å²) >= 11 is 0. The fourth-order valence-corrected chi connectivity index (χ4v) is 2.70. The lowest BCUT2D eigenvalue weighted by molar-refractivity contribution is -0.122. The monoisotopic (exact) mass is 298 g/mol. The lowest BCUT2D eigenvalue weighted by Gasteiger charge is -2.38. The molecule has 0 aromatic heterocycles. The van der Waals surface area contributed by atoms with Crippen molar-refractivity contribution in [1.29, 1.82) is 0 Å². The maximum Gasteiger partial charge on any atom is 0.321 e. The average molecular weight is 298 g/mol. The second-order valence-corrected chi connectivity index (χ2v) is 6.31. The molecule has 6 nitrogen and oxygen atoms in total. The molecular formula is C15H30N4O2. The largest absolute Gasteiger partial charge is 0.338 e. The van der Waals surface area contributed by atoms with E-state index in [2.05, 4.69) is 22.5 Å². The first-order valence-electron chi connectivity index (χ1n) is 7.98. The zero-order valence-corrected chi connectivity index (χ0v) is 13.5. The molecule has 1 aliphatic heterocycles. The molecule has 2 unspecified atom stereocenters. The molecule has 0 spiro atoms. The van der Waals surface area contributed by atoms with E-state index in [1.165, 1.54) is 0 Å². The fraction of sp³-hybridized carbons (Fsp3) is 0.867. The topological polar surface area (TPSA) is 87.5 Å². The molecule has 0 aromatic rings. The molecule has 122 valence electrons. The van der Waals surface area contributed by atoms with Crippen LogP contribution in [0.2, 0.25) is 0 Å². The number of nitrogens with two attached hydrogens (primary N) is 1. The van der Waals surface area contributed by atoms with E-state index in [0.717, 1.165) is 25.8 Å². The predicted molar refractivity (Wildman–Crippen MR) is 83.8 cm³/mol. The third kappa shape index (κ3) is 6.44. The van der Waals surface area contributed by atoms with Gasteiger partial charge in [-0.05, 0) is 31.2 Å². The van der Waals surface area contributed by atoms with Crippen molar-refractivity contribution in [2.24, 2.45) is 17.6 Å². The highest BCUT2D eigenvalue weighted by Gasteiger charge is 2.28. The summed E-state index contributed by atoms with van der Waals surface area (Å²) in [6, 6.07) is -0.172. The molecule has 3 amide bonds. The van der Waals surface area contributed by atoms with Gasteiger partial charge in [0.05, 0.1) is 6.54 Å². The van der Waals surface area contributed by atoms with Crippen LogP contribution < -0.4 is 16.4 Å². The third-order valence-corrected chi connectivity index (χ3v) is 4.07. The number of imide groups is 1. The van der Waals surface area contributed by atoms with Crippen LogP contribution in [0.25, 0.3) is 0 Å². The minimum atomic E-state index is -0.415. The highest BCUT2D eigenvalue weighted by molar-refractivity contribution is 5.95. The molecule has 2 atom stereocenters. The third-order valence-electron chi connectivity index (χ3n) is 4.07. The number of nitrogens with one attached hydrogen (secondary N) is 2. The van der Waals surface area contributed by atoms with Crippen molar-refractivity contribution in [3.8, 4) is 0 Å². The van der Waals surface area contributed by atoms with Crippen LogP contribution in [0, 0.1) is 11.8 Å². The number of hydrogen-bond donors (Lipinski definition) is 3. The Morgan fingerprint density at radius 3 is 2.67 bits per heavy atom. The molecule has 1 aliphatic rings. The summed E-state index contributed by atoms with van der Waals surface area (Å²) in [4.78, 5) is 25.6. The Balaban J connectivity index is 2.37. The van der Waals surface area contributed by atoms with Gasteiger partial charge < -0.3 is 11.1 Å². The molecule has 1 heterocycles. The lowest BCUT2D eigenvalue weighted by Crippen LogP contribution is -2.52. The highest BCUT2D eigenvalue weighted by atomic mass is 16.2. The van der Waals surface area contributed by atoms with Crippen molar-refractivity contribution in [2.75, 3.05) is 26.2 Å². The molecule has 21 heavy (non-hydrogen) atoms. The minimum absolute atomic E-state index is 0.243. The molecule has 1 fully saturated rings. The summed E-state index contributed by atoms with van der Waals surface area (Å²) < 4.78 is 0. The first kappa shape index (κ1) is 17.9. The van der Waals surface area contributed by atoms with Crippen LogP contribution in [0.3, 0.4) is 0 Å². The Kier molecular flexibility index (Phi) is 7.67. The second kappa shape index (κ2) is 9.00. The van der Waals surface area contributed by atoms with E-state index in [1.807, 2.05) is 13.8 Å². The van der Waals surface area contributed by atoms with Crippen LogP contribution >= 0.6 is 0 Å². The second-order valence-electron chi connectivity index (χ2n) is 6.31. The zero-order valence-electron chi connectivity index (χ0n) is 13.5. The molecule has 1 rings (SSSR count). The van der Waals surface area contributed by atoms with Crippen LogP contribution in [-0.4, -0.2) is 49.1 Å². The average Bonchev–Trinajstić information content (AvgIpc) is 2.45. The van der Waals surface area contributed by atoms with Crippen LogP contribution in [0.1, 0.15) is 40.0 Å². The van der Waals surface area contributed by atoms with Gasteiger partial charge in [-0.2, -0.15) is 0 Å². The van der Waals surface area contributed by atoms with Gasteiger partial charge >= 0.3 is 6.03 Å². The summed E-state index contributed by atoms with van der Waals surface area (Å²) in [5.41, 5.74) is 5.82. The van der Waals surface area contributed by atoms with Gasteiger partial charge in [-0.15, -0.1) is 0 Å². The Labute approximate surface area is 127 Å². The molecule has 0 aromatic carbocycles. The van der Waals surface area contributed by atoms with Gasteiger partial charge in [-0.1, -0.05) is 27.2 Å². The number of carbonyl (C=O) groups excluding carboxylic acids is 2. The van der Waals surface area contributed by atoms with Crippen molar-refractivity contribution in [3.05, 3.63) is 0 Å². The number of urea groups is 1. The number of likely N-dealkylation sites (tertiary alicyclic amines) is 1. The van der Waals surface area contributed by atoms with E-state index in [9.17, 15) is 9.59 Å². The number of rotatable bonds is 6. The molecule has 6 heteroatoms. The van der Waals surface area contributed by atoms with Gasteiger partial charge in [0.1, 0.15) is 0 Å². The Morgan fingerprint density at radius 2 is 2.10 bits per heavy atom. The summed E-state index contributed by atoms with van der Waals surface area (Å²) in [7, 11) is 0. The van der Waals surface area contributed by atoms with Gasteiger partial charge in [0, 0.05) is 19.1 Å². The predicted octanol–water partition coefficient (Wildman–Crippen LogP) is 0.918. The first-order chi connectivity index (χ1) is 9.96. The van der Waals surface area contributed by atoms with E-state index in [-0.39, 0.29) is 18.5 Å². The number of hydrogen-bond acceptors (Lipinski definition) is 4. The van der Waals surface area contributed by atoms with Gasteiger partial charge in [0.15, 0.2) is 0 Å². The van der Waals surface area contributed by atoms with E-state index >= 15 is 0 Å². The van der Waals surface area contributed by atoms with Crippen molar-refractivity contribution in [2.45, 2.75) is 46.1 Å². The fourth-order valence-electron chi connectivity index (χ4n) is 2.70. The Morgan fingerprint density at radius 1 is 1.38 bits per heavy atom. The molecule has 0 bridgehead atoms. The highest BCUT2D eigenvalue weighted by Crippen LogP contribution is 2.24. The van der Waals surface area contributed by atoms with Crippen LogP contribution in [-0.2, 0) is 4.79 Å². The van der Waals surface area contributed by atoms with Crippen molar-refractivity contribution >= 4 is 11.9 Å². The number of carbonyl (C=O) groups is 2. The van der Waals surface area contributed by atoms with Gasteiger partial charge in [0.25, 0.3) is 0 Å². The van der Waals surface area contributed by atoms with E-state index in [0.29, 0.717) is 24.9 Å². The summed E-state index contributed by atoms with van der Waals surface area (Å²) in [5, 5.41) is 5.06. The molecule has 0 radical (unpaired) electrons. The standard InChI is InChI=1S/C15H30N4O2/c1-4-12-5-6-19(13(7-12)8-16)10-14(20)18-15(21)17-9-11(2)3/h11-13H,4-10,16H2,1-3H3,(H2,17,18,20,21). The van der Waals surface area contributed by atoms with E-state index in [1.54, 1.807) is 0 Å². The molecule has 1 saturated heterocycles. The summed E-state index contributed by atoms with van der Waals surface area (Å²) in [6.07, 6.45) is 3.30. The van der Waals surface area contributed by atoms with E-state index < -0.39 is 6.03 Å². The SMILES string of the molecule is CCC1CCN(CC(=O)NC(=O)NCC(C)C)C(CN)C1. The van der Waals surface area contributed by atoms with Crippen LogP contribution in [0.15, 0.2) is 0 Å². The number of amides is 3. The van der Waals surface area contributed by atoms with E-state index in [4.69, 9.17) is 5.73 Å². The van der Waals surface area contributed by atoms with Gasteiger partial charge in [0.2, 0.25) is 5.91 Å². The maximum atomic E-state index is 11.9. The Hall–Kier alpha value is -1.14. The first-order valence-corrected chi connectivity index (χ1v) is 7.98. The van der Waals surface area contributed by atoms with Gasteiger partial charge in [-0.25, -0.2) is 4.79 Å². The number of nitrogens with zero attached hydrogens (tertiary/aromatic N) is 1. The maximum absolute atomic E-state index is 11.9. The molecule has 0 saturated carbocycles. The summed E-state index contributed by atoms with van der Waals surface area (Å²) in [5.74, 6) is 0.803. The number of piperidine rings is 1. The van der Waals surface area contributed by atoms with Crippen LogP contribution in [0.4, 0.5) is 4.79 Å². The van der Waals surface area contributed by atoms with Crippen molar-refractivity contribution in [1.82, 2.24) is 15.5 Å². The quantitative estimate of drug-likeness (QED) is 0.680. The molecular weight excluding hydrogens is 268 g/mol. The lowest BCUT2D eigenvalue weighted by atomic mass is 9.89. The molecule has 4 N–H and O–H groups in total. The summed E-state index contributed by atoms with van der Waals surface area (Å²) in [6.45, 7) is 8.45. The zero-order chi connectivity index (χ0) is 15.8. The minimum Gasteiger partial charge on any atom is -0.338 e. The van der Waals surface area contributed by atoms with Crippen LogP contribution in [0.5, 0.6) is 0 Å².